The van der Waals surface area contributed by atoms with Crippen LogP contribution in [0.3, 0.4) is 0 Å². The number of anilines is 1. The van der Waals surface area contributed by atoms with Gasteiger partial charge >= 0.3 is 0 Å². The minimum absolute atomic E-state index is 0.0247. The summed E-state index contributed by atoms with van der Waals surface area (Å²) in [6.45, 7) is 0. The van der Waals surface area contributed by atoms with Gasteiger partial charge in [0.1, 0.15) is 0 Å². The minimum Gasteiger partial charge on any atom is -0.396 e. The number of nitrogen functional groups attached to an aromatic ring is 1. The van der Waals surface area contributed by atoms with Crippen LogP contribution in [-0.4, -0.2) is 5.91 Å². The molecule has 6 heteroatoms. The normalized spacial score (nSPS) is 10.1. The monoisotopic (exact) mass is 266 g/mol. The summed E-state index contributed by atoms with van der Waals surface area (Å²) in [5, 5.41) is 0.0560. The second kappa shape index (κ2) is 3.51. The Morgan fingerprint density at radius 3 is 2.62 bits per heavy atom. The Morgan fingerprint density at radius 2 is 2.15 bits per heavy atom. The molecule has 3 nitrogen and oxygen atoms in total. The van der Waals surface area contributed by atoms with E-state index in [4.69, 9.17) is 23.1 Å². The predicted molar refractivity (Wildman–Crippen MR) is 52.0 cm³/mol. The van der Waals surface area contributed by atoms with Crippen LogP contribution in [0.15, 0.2) is 10.5 Å². The van der Waals surface area contributed by atoms with Crippen LogP contribution in [0.4, 0.5) is 10.1 Å². The molecule has 0 aliphatic heterocycles. The molecule has 0 aliphatic carbocycles. The fourth-order valence-electron chi connectivity index (χ4n) is 0.813. The number of primary amides is 1. The number of carbonyl (C=O) groups is 1. The molecule has 4 N–H and O–H groups in total. The largest absolute Gasteiger partial charge is 0.396 e. The Bertz CT molecular complexity index is 383. The smallest absolute Gasteiger partial charge is 0.250 e. The molecule has 1 amide bonds. The quantitative estimate of drug-likeness (QED) is 0.603. The first-order chi connectivity index (χ1) is 5.95. The van der Waals surface area contributed by atoms with Gasteiger partial charge in [-0.05, 0) is 22.0 Å². The van der Waals surface area contributed by atoms with Gasteiger partial charge in [0.25, 0.3) is 5.91 Å². The van der Waals surface area contributed by atoms with Gasteiger partial charge in [0.05, 0.1) is 20.7 Å². The first kappa shape index (κ1) is 10.3. The van der Waals surface area contributed by atoms with Gasteiger partial charge in [-0.15, -0.1) is 0 Å². The van der Waals surface area contributed by atoms with Gasteiger partial charge in [0.15, 0.2) is 5.82 Å². The SMILES string of the molecule is NC(=O)c1cc(Cl)c(Br)c(F)c1N. The molecule has 0 unspecified atom stereocenters. The zero-order chi connectivity index (χ0) is 10.2. The van der Waals surface area contributed by atoms with E-state index in [2.05, 4.69) is 15.9 Å². The van der Waals surface area contributed by atoms with Crippen molar-refractivity contribution in [2.24, 2.45) is 5.73 Å². The summed E-state index contributed by atoms with van der Waals surface area (Å²) in [4.78, 5) is 10.7. The number of rotatable bonds is 1. The third-order valence-electron chi connectivity index (χ3n) is 1.47. The van der Waals surface area contributed by atoms with E-state index in [1.54, 1.807) is 0 Å². The maximum absolute atomic E-state index is 13.1. The summed E-state index contributed by atoms with van der Waals surface area (Å²) in [7, 11) is 0. The molecule has 0 aromatic heterocycles. The molecule has 0 aliphatic rings. The lowest BCUT2D eigenvalue weighted by atomic mass is 10.1. The van der Waals surface area contributed by atoms with E-state index in [1.165, 1.54) is 6.07 Å². The molecule has 0 saturated heterocycles. The molecule has 0 fully saturated rings. The van der Waals surface area contributed by atoms with Crippen LogP contribution in [0, 0.1) is 5.82 Å². The standard InChI is InChI=1S/C7H5BrClFN2O/c8-4-3(9)1-2(7(12)13)6(11)5(4)10/h1H,11H2,(H2,12,13). The van der Waals surface area contributed by atoms with Crippen molar-refractivity contribution in [3.05, 3.63) is 26.9 Å². The molecule has 70 valence electrons. The Labute approximate surface area is 87.0 Å². The Kier molecular flexibility index (Phi) is 2.77. The van der Waals surface area contributed by atoms with Crippen LogP contribution in [0.5, 0.6) is 0 Å². The minimum atomic E-state index is -0.814. The van der Waals surface area contributed by atoms with Crippen molar-refractivity contribution >= 4 is 39.1 Å². The third-order valence-corrected chi connectivity index (χ3v) is 2.77. The van der Waals surface area contributed by atoms with E-state index >= 15 is 0 Å². The number of benzene rings is 1. The second-order valence-corrected chi connectivity index (χ2v) is 3.51. The average Bonchev–Trinajstić information content (AvgIpc) is 2.07. The maximum Gasteiger partial charge on any atom is 0.250 e. The number of hydrogen-bond acceptors (Lipinski definition) is 2. The van der Waals surface area contributed by atoms with Gasteiger partial charge < -0.3 is 11.5 Å². The second-order valence-electron chi connectivity index (χ2n) is 2.31. The molecular formula is C7H5BrClFN2O. The summed E-state index contributed by atoms with van der Waals surface area (Å²) < 4.78 is 13.2. The first-order valence-corrected chi connectivity index (χ1v) is 4.35. The fourth-order valence-corrected chi connectivity index (χ4v) is 1.33. The van der Waals surface area contributed by atoms with Crippen LogP contribution in [0.25, 0.3) is 0 Å². The Balaban J connectivity index is 3.50. The van der Waals surface area contributed by atoms with Crippen molar-refractivity contribution in [1.29, 1.82) is 0 Å². The molecule has 1 aromatic rings. The van der Waals surface area contributed by atoms with Crippen molar-refractivity contribution in [2.75, 3.05) is 5.73 Å². The Hall–Kier alpha value is -0.810. The number of amides is 1. The highest BCUT2D eigenvalue weighted by atomic mass is 79.9. The highest BCUT2D eigenvalue weighted by Gasteiger charge is 2.16. The summed E-state index contributed by atoms with van der Waals surface area (Å²) in [5.41, 5.74) is 9.81. The molecule has 0 bridgehead atoms. The van der Waals surface area contributed by atoms with Crippen molar-refractivity contribution in [3.8, 4) is 0 Å². The summed E-state index contributed by atoms with van der Waals surface area (Å²) in [6.07, 6.45) is 0. The van der Waals surface area contributed by atoms with Gasteiger partial charge in [-0.3, -0.25) is 4.79 Å². The van der Waals surface area contributed by atoms with E-state index in [0.29, 0.717) is 0 Å². The van der Waals surface area contributed by atoms with Crippen molar-refractivity contribution < 1.29 is 9.18 Å². The number of carbonyl (C=O) groups excluding carboxylic acids is 1. The molecule has 0 heterocycles. The van der Waals surface area contributed by atoms with Crippen LogP contribution in [0.1, 0.15) is 10.4 Å². The third kappa shape index (κ3) is 1.76. The van der Waals surface area contributed by atoms with E-state index in [1.807, 2.05) is 0 Å². The van der Waals surface area contributed by atoms with Gasteiger partial charge in [-0.25, -0.2) is 4.39 Å². The van der Waals surface area contributed by atoms with E-state index < -0.39 is 11.7 Å². The lowest BCUT2D eigenvalue weighted by Gasteiger charge is -2.05. The van der Waals surface area contributed by atoms with Crippen LogP contribution in [0.2, 0.25) is 5.02 Å². The number of nitrogens with two attached hydrogens (primary N) is 2. The van der Waals surface area contributed by atoms with Crippen molar-refractivity contribution in [3.63, 3.8) is 0 Å². The van der Waals surface area contributed by atoms with Crippen molar-refractivity contribution in [1.82, 2.24) is 0 Å². The number of halogens is 3. The van der Waals surface area contributed by atoms with Crippen LogP contribution in [-0.2, 0) is 0 Å². The summed E-state index contributed by atoms with van der Waals surface area (Å²) in [5.74, 6) is -1.59. The highest BCUT2D eigenvalue weighted by Crippen LogP contribution is 2.31. The number of hydrogen-bond donors (Lipinski definition) is 2. The van der Waals surface area contributed by atoms with Gasteiger partial charge in [0.2, 0.25) is 0 Å². The van der Waals surface area contributed by atoms with E-state index in [0.717, 1.165) is 0 Å². The highest BCUT2D eigenvalue weighted by molar-refractivity contribution is 9.10. The molecule has 0 atom stereocenters. The zero-order valence-electron chi connectivity index (χ0n) is 6.27. The molecular weight excluding hydrogens is 262 g/mol. The molecule has 0 radical (unpaired) electrons. The molecule has 0 spiro atoms. The van der Waals surface area contributed by atoms with Crippen molar-refractivity contribution in [2.45, 2.75) is 0 Å². The summed E-state index contributed by atoms with van der Waals surface area (Å²) in [6, 6.07) is 1.21. The predicted octanol–water partition coefficient (Wildman–Crippen LogP) is 1.92. The van der Waals surface area contributed by atoms with Gasteiger partial charge in [0, 0.05) is 0 Å². The lowest BCUT2D eigenvalue weighted by molar-refractivity contribution is 0.100. The van der Waals surface area contributed by atoms with E-state index in [9.17, 15) is 9.18 Å². The molecule has 13 heavy (non-hydrogen) atoms. The Morgan fingerprint density at radius 1 is 1.62 bits per heavy atom. The zero-order valence-corrected chi connectivity index (χ0v) is 8.62. The maximum atomic E-state index is 13.1. The molecule has 1 rings (SSSR count). The van der Waals surface area contributed by atoms with Crippen LogP contribution < -0.4 is 11.5 Å². The summed E-state index contributed by atoms with van der Waals surface area (Å²) >= 11 is 8.46. The van der Waals surface area contributed by atoms with E-state index in [-0.39, 0.29) is 20.7 Å². The first-order valence-electron chi connectivity index (χ1n) is 3.18. The fraction of sp³-hybridized carbons (Fsp3) is 0. The van der Waals surface area contributed by atoms with Gasteiger partial charge in [-0.1, -0.05) is 11.6 Å². The average molecular weight is 267 g/mol. The molecule has 0 saturated carbocycles. The lowest BCUT2D eigenvalue weighted by Crippen LogP contribution is -2.14. The van der Waals surface area contributed by atoms with Crippen LogP contribution >= 0.6 is 27.5 Å². The molecule has 1 aromatic carbocycles. The van der Waals surface area contributed by atoms with Gasteiger partial charge in [-0.2, -0.15) is 0 Å². The topological polar surface area (TPSA) is 69.1 Å².